The van der Waals surface area contributed by atoms with Crippen molar-refractivity contribution in [2.75, 3.05) is 13.7 Å². The number of carbonyl (C=O) groups is 1. The van der Waals surface area contributed by atoms with Gasteiger partial charge in [0.25, 0.3) is 0 Å². The number of aliphatic hydroxyl groups is 1. The molecule has 1 saturated carbocycles. The maximum Gasteiger partial charge on any atom is 0.147 e. The Kier molecular flexibility index (Phi) is 3.01. The van der Waals surface area contributed by atoms with Crippen LogP contribution in [0.15, 0.2) is 24.3 Å². The van der Waals surface area contributed by atoms with Gasteiger partial charge in [-0.3, -0.25) is 9.69 Å². The van der Waals surface area contributed by atoms with E-state index in [9.17, 15) is 9.90 Å². The maximum atomic E-state index is 13.3. The van der Waals surface area contributed by atoms with Gasteiger partial charge in [0.05, 0.1) is 18.6 Å². The first-order valence-corrected chi connectivity index (χ1v) is 9.14. The second kappa shape index (κ2) is 4.93. The van der Waals surface area contributed by atoms with Crippen molar-refractivity contribution in [2.24, 2.45) is 17.8 Å². The van der Waals surface area contributed by atoms with Crippen molar-refractivity contribution in [1.29, 1.82) is 0 Å². The topological polar surface area (TPSA) is 56.3 Å². The Morgan fingerprint density at radius 2 is 2.12 bits per heavy atom. The Labute approximate surface area is 141 Å². The van der Waals surface area contributed by atoms with E-state index in [-0.39, 0.29) is 30.3 Å². The highest BCUT2D eigenvalue weighted by Crippen LogP contribution is 2.58. The zero-order chi connectivity index (χ0) is 16.6. The summed E-state index contributed by atoms with van der Waals surface area (Å²) in [6.07, 6.45) is 2.04. The molecule has 4 heteroatoms. The Hall–Kier alpha value is -1.65. The first kappa shape index (κ1) is 14.7. The van der Waals surface area contributed by atoms with Crippen molar-refractivity contribution in [3.63, 3.8) is 0 Å². The minimum Gasteiger partial charge on any atom is -0.396 e. The lowest BCUT2D eigenvalue weighted by Crippen LogP contribution is -2.63. The summed E-state index contributed by atoms with van der Waals surface area (Å²) in [7, 11) is 2.18. The van der Waals surface area contributed by atoms with Crippen molar-refractivity contribution in [1.82, 2.24) is 9.88 Å². The standard InChI is InChI=1S/C20H24N2O2/c1-3-10-12-8-15-18-16(11-6-4-5-7-14(11)21-18)17(19(10)22(15)2)20(24)13(12)9-23/h4-7,10,12-13,15,17,19,21,23H,3,8-9H2,1-2H3. The molecule has 3 heterocycles. The molecule has 2 aromatic rings. The number of ketones is 1. The quantitative estimate of drug-likeness (QED) is 0.893. The van der Waals surface area contributed by atoms with Gasteiger partial charge in [0.15, 0.2) is 0 Å². The fraction of sp³-hybridized carbons (Fsp3) is 0.550. The predicted molar refractivity (Wildman–Crippen MR) is 92.8 cm³/mol. The summed E-state index contributed by atoms with van der Waals surface area (Å²) >= 11 is 0. The van der Waals surface area contributed by atoms with E-state index in [4.69, 9.17) is 0 Å². The normalized spacial score (nSPS) is 37.9. The van der Waals surface area contributed by atoms with E-state index in [1.54, 1.807) is 0 Å². The number of fused-ring (bicyclic) bond motifs is 7. The molecule has 5 rings (SSSR count). The van der Waals surface area contributed by atoms with Gasteiger partial charge < -0.3 is 10.1 Å². The Morgan fingerprint density at radius 3 is 2.88 bits per heavy atom. The van der Waals surface area contributed by atoms with Crippen molar-refractivity contribution in [3.05, 3.63) is 35.5 Å². The summed E-state index contributed by atoms with van der Waals surface area (Å²) in [5.41, 5.74) is 3.59. The van der Waals surface area contributed by atoms with Gasteiger partial charge in [-0.1, -0.05) is 31.5 Å². The Balaban J connectivity index is 1.81. The van der Waals surface area contributed by atoms with E-state index in [0.717, 1.165) is 18.4 Å². The number of aromatic nitrogens is 1. The minimum absolute atomic E-state index is 0.00264. The second-order valence-electron chi connectivity index (χ2n) is 7.81. The Bertz CT molecular complexity index is 826. The van der Waals surface area contributed by atoms with E-state index < -0.39 is 0 Å². The third kappa shape index (κ3) is 1.58. The largest absolute Gasteiger partial charge is 0.396 e. The third-order valence-electron chi connectivity index (χ3n) is 7.07. The van der Waals surface area contributed by atoms with Gasteiger partial charge in [0.2, 0.25) is 0 Å². The van der Waals surface area contributed by atoms with Crippen molar-refractivity contribution in [3.8, 4) is 0 Å². The molecule has 4 nitrogen and oxygen atoms in total. The van der Waals surface area contributed by atoms with Crippen LogP contribution in [0.3, 0.4) is 0 Å². The molecule has 1 aromatic heterocycles. The van der Waals surface area contributed by atoms with Gasteiger partial charge in [0, 0.05) is 28.6 Å². The first-order chi connectivity index (χ1) is 11.7. The number of para-hydroxylation sites is 1. The summed E-state index contributed by atoms with van der Waals surface area (Å²) < 4.78 is 0. The van der Waals surface area contributed by atoms with Gasteiger partial charge >= 0.3 is 0 Å². The van der Waals surface area contributed by atoms with Crippen LogP contribution in [0.4, 0.5) is 0 Å². The van der Waals surface area contributed by atoms with Crippen LogP contribution in [0.5, 0.6) is 0 Å². The van der Waals surface area contributed by atoms with Crippen molar-refractivity contribution < 1.29 is 9.90 Å². The fourth-order valence-corrected chi connectivity index (χ4v) is 6.10. The highest BCUT2D eigenvalue weighted by Gasteiger charge is 2.59. The molecule has 1 aromatic carbocycles. The number of piperidine rings is 1. The van der Waals surface area contributed by atoms with Crippen LogP contribution in [0.1, 0.15) is 43.0 Å². The van der Waals surface area contributed by atoms with Crippen LogP contribution in [0.25, 0.3) is 10.9 Å². The van der Waals surface area contributed by atoms with E-state index in [0.29, 0.717) is 17.9 Å². The molecule has 6 unspecified atom stereocenters. The summed E-state index contributed by atoms with van der Waals surface area (Å²) in [5, 5.41) is 11.1. The van der Waals surface area contributed by atoms with Gasteiger partial charge in [-0.25, -0.2) is 0 Å². The molecule has 6 atom stereocenters. The number of aliphatic hydroxyl groups excluding tert-OH is 1. The highest BCUT2D eigenvalue weighted by atomic mass is 16.3. The summed E-state index contributed by atoms with van der Waals surface area (Å²) in [6.45, 7) is 2.23. The smallest absolute Gasteiger partial charge is 0.147 e. The highest BCUT2D eigenvalue weighted by molar-refractivity contribution is 5.97. The molecule has 2 N–H and O–H groups in total. The average molecular weight is 324 g/mol. The molecule has 0 radical (unpaired) electrons. The zero-order valence-electron chi connectivity index (χ0n) is 14.2. The number of hydrogen-bond donors (Lipinski definition) is 2. The van der Waals surface area contributed by atoms with Crippen molar-refractivity contribution in [2.45, 2.75) is 37.8 Å². The van der Waals surface area contributed by atoms with E-state index in [1.165, 1.54) is 16.6 Å². The average Bonchev–Trinajstić information content (AvgIpc) is 2.95. The minimum atomic E-state index is -0.186. The van der Waals surface area contributed by atoms with Crippen LogP contribution in [0, 0.1) is 17.8 Å². The van der Waals surface area contributed by atoms with Gasteiger partial charge in [-0.15, -0.1) is 0 Å². The molecule has 24 heavy (non-hydrogen) atoms. The van der Waals surface area contributed by atoms with Gasteiger partial charge in [0.1, 0.15) is 5.78 Å². The molecule has 1 saturated heterocycles. The number of nitrogens with zero attached hydrogens (tertiary/aromatic N) is 1. The lowest BCUT2D eigenvalue weighted by atomic mass is 9.54. The molecule has 2 fully saturated rings. The fourth-order valence-electron chi connectivity index (χ4n) is 6.10. The molecule has 0 spiro atoms. The van der Waals surface area contributed by atoms with Gasteiger partial charge in [-0.05, 0) is 36.9 Å². The third-order valence-corrected chi connectivity index (χ3v) is 7.07. The first-order valence-electron chi connectivity index (χ1n) is 9.14. The lowest BCUT2D eigenvalue weighted by molar-refractivity contribution is -0.147. The number of hydrogen-bond acceptors (Lipinski definition) is 3. The molecule has 2 aliphatic heterocycles. The number of nitrogens with one attached hydrogen (secondary N) is 1. The molecule has 0 amide bonds. The molecule has 3 bridgehead atoms. The number of benzene rings is 1. The van der Waals surface area contributed by atoms with Gasteiger partial charge in [-0.2, -0.15) is 0 Å². The van der Waals surface area contributed by atoms with Crippen LogP contribution in [-0.2, 0) is 4.79 Å². The molecule has 3 aliphatic rings. The molecular formula is C20H24N2O2. The second-order valence-corrected chi connectivity index (χ2v) is 7.81. The number of Topliss-reactive ketones (excluding diaryl/α,β-unsaturated/α-hetero) is 1. The Morgan fingerprint density at radius 1 is 1.33 bits per heavy atom. The van der Waals surface area contributed by atoms with E-state index in [2.05, 4.69) is 42.1 Å². The maximum absolute atomic E-state index is 13.3. The number of rotatable bonds is 2. The number of likely N-dealkylation sites (N-methyl/N-ethyl adjacent to an activating group) is 1. The van der Waals surface area contributed by atoms with E-state index >= 15 is 0 Å². The number of aromatic amines is 1. The van der Waals surface area contributed by atoms with E-state index in [1.807, 2.05) is 6.07 Å². The molecule has 126 valence electrons. The SMILES string of the molecule is CCC1C2CC3c4[nH]c5ccccc5c4C(C(=O)C2CO)C1N3C. The molecule has 1 aliphatic carbocycles. The van der Waals surface area contributed by atoms with Crippen LogP contribution < -0.4 is 0 Å². The summed E-state index contributed by atoms with van der Waals surface area (Å²) in [4.78, 5) is 19.4. The summed E-state index contributed by atoms with van der Waals surface area (Å²) in [5.74, 6) is 0.779. The molecular weight excluding hydrogens is 300 g/mol. The van der Waals surface area contributed by atoms with Crippen molar-refractivity contribution >= 4 is 16.7 Å². The lowest BCUT2D eigenvalue weighted by Gasteiger charge is -2.59. The predicted octanol–water partition coefficient (Wildman–Crippen LogP) is 2.84. The summed E-state index contributed by atoms with van der Waals surface area (Å²) in [6, 6.07) is 8.96. The zero-order valence-corrected chi connectivity index (χ0v) is 14.2. The van der Waals surface area contributed by atoms with Crippen LogP contribution in [0.2, 0.25) is 0 Å². The van der Waals surface area contributed by atoms with Crippen LogP contribution >= 0.6 is 0 Å². The number of carbonyl (C=O) groups excluding carboxylic acids is 1. The van der Waals surface area contributed by atoms with Crippen LogP contribution in [-0.4, -0.2) is 40.5 Å². The monoisotopic (exact) mass is 324 g/mol. The number of H-pyrrole nitrogens is 1.